The van der Waals surface area contributed by atoms with Crippen LogP contribution < -0.4 is 11.2 Å². The van der Waals surface area contributed by atoms with E-state index in [0.717, 1.165) is 0 Å². The maximum atomic E-state index is 12.3. The van der Waals surface area contributed by atoms with Crippen LogP contribution in [0.2, 0.25) is 0 Å². The number of H-pyrrole nitrogens is 1. The minimum Gasteiger partial charge on any atom is -0.394 e. The Bertz CT molecular complexity index is 690. The second-order valence-corrected chi connectivity index (χ2v) is 7.45. The van der Waals surface area contributed by atoms with Crippen LogP contribution in [-0.2, 0) is 14.2 Å². The van der Waals surface area contributed by atoms with Crippen LogP contribution >= 0.6 is 0 Å². The molecule has 1 aliphatic rings. The van der Waals surface area contributed by atoms with Gasteiger partial charge in [-0.2, -0.15) is 0 Å². The monoisotopic (exact) mass is 356 g/mol. The Morgan fingerprint density at radius 2 is 2.00 bits per heavy atom. The van der Waals surface area contributed by atoms with Gasteiger partial charge in [-0.05, 0) is 12.3 Å². The van der Waals surface area contributed by atoms with E-state index in [4.69, 9.17) is 14.2 Å². The molecule has 142 valence electrons. The number of ether oxygens (including phenoxy) is 3. The highest BCUT2D eigenvalue weighted by Crippen LogP contribution is 2.44. The van der Waals surface area contributed by atoms with Crippen LogP contribution in [0, 0.1) is 18.3 Å². The Hall–Kier alpha value is -1.48. The van der Waals surface area contributed by atoms with E-state index in [1.807, 2.05) is 20.8 Å². The summed E-state index contributed by atoms with van der Waals surface area (Å²) >= 11 is 0. The summed E-state index contributed by atoms with van der Waals surface area (Å²) in [5, 5.41) is 9.77. The summed E-state index contributed by atoms with van der Waals surface area (Å²) in [5.41, 5.74) is -0.811. The number of nitrogens with one attached hydrogen (secondary N) is 1. The lowest BCUT2D eigenvalue weighted by Gasteiger charge is -2.34. The second kappa shape index (κ2) is 7.82. The summed E-state index contributed by atoms with van der Waals surface area (Å²) in [6.45, 7) is 8.31. The van der Waals surface area contributed by atoms with Crippen molar-refractivity contribution in [2.24, 2.45) is 11.3 Å². The molecule has 4 atom stereocenters. The summed E-state index contributed by atoms with van der Waals surface area (Å²) in [6, 6.07) is 0. The summed E-state index contributed by atoms with van der Waals surface area (Å²) < 4.78 is 18.4. The second-order valence-electron chi connectivity index (χ2n) is 7.45. The fourth-order valence-corrected chi connectivity index (χ4v) is 3.39. The highest BCUT2D eigenvalue weighted by Gasteiger charge is 2.51. The molecular weight excluding hydrogens is 328 g/mol. The Morgan fingerprint density at radius 3 is 2.56 bits per heavy atom. The molecule has 1 unspecified atom stereocenters. The number of nitrogens with zero attached hydrogens (tertiary/aromatic N) is 1. The third-order valence-electron chi connectivity index (χ3n) is 4.55. The number of aromatic nitrogens is 2. The minimum atomic E-state index is -0.735. The zero-order valence-corrected chi connectivity index (χ0v) is 15.4. The zero-order chi connectivity index (χ0) is 18.8. The molecule has 2 N–H and O–H groups in total. The summed E-state index contributed by atoms with van der Waals surface area (Å²) in [6.07, 6.45) is -0.203. The van der Waals surface area contributed by atoms with E-state index in [2.05, 4.69) is 4.98 Å². The van der Waals surface area contributed by atoms with Crippen molar-refractivity contribution in [3.63, 3.8) is 0 Å². The van der Waals surface area contributed by atoms with Crippen LogP contribution in [0.1, 0.15) is 32.6 Å². The van der Waals surface area contributed by atoms with Crippen LogP contribution in [0.5, 0.6) is 0 Å². The molecule has 0 amide bonds. The Kier molecular flexibility index (Phi) is 6.21. The maximum absolute atomic E-state index is 12.3. The molecule has 0 saturated carbocycles. The van der Waals surface area contributed by atoms with Gasteiger partial charge in [0.1, 0.15) is 6.10 Å². The highest BCUT2D eigenvalue weighted by molar-refractivity contribution is 5.04. The first-order valence-corrected chi connectivity index (χ1v) is 8.39. The van der Waals surface area contributed by atoms with E-state index < -0.39 is 29.7 Å². The molecule has 0 radical (unpaired) electrons. The number of hydrogen-bond acceptors (Lipinski definition) is 6. The fraction of sp³-hybridized carbons (Fsp3) is 0.765. The first-order chi connectivity index (χ1) is 11.7. The molecule has 1 saturated heterocycles. The van der Waals surface area contributed by atoms with Gasteiger partial charge in [-0.25, -0.2) is 4.79 Å². The fourth-order valence-electron chi connectivity index (χ4n) is 3.39. The van der Waals surface area contributed by atoms with Crippen molar-refractivity contribution in [1.29, 1.82) is 0 Å². The average molecular weight is 356 g/mol. The standard InChI is InChI=1S/C17H28N2O6/c1-10-8-19(16(22)18-14(10)21)15-13(24-7-6-23-5)12(17(2,3)4)11(9-20)25-15/h8,11-13,15,20H,6-7,9H2,1-5H3,(H,18,21,22)/t11-,12+,13?,15-/m1/s1. The van der Waals surface area contributed by atoms with E-state index in [-0.39, 0.29) is 17.9 Å². The van der Waals surface area contributed by atoms with Crippen molar-refractivity contribution in [1.82, 2.24) is 9.55 Å². The normalized spacial score (nSPS) is 27.0. The largest absolute Gasteiger partial charge is 0.394 e. The molecule has 1 aromatic rings. The molecule has 2 rings (SSSR count). The van der Waals surface area contributed by atoms with Gasteiger partial charge in [0.15, 0.2) is 6.23 Å². The Labute approximate surface area is 146 Å². The van der Waals surface area contributed by atoms with Crippen LogP contribution in [-0.4, -0.2) is 53.8 Å². The highest BCUT2D eigenvalue weighted by atomic mass is 16.6. The average Bonchev–Trinajstić information content (AvgIpc) is 2.90. The van der Waals surface area contributed by atoms with E-state index >= 15 is 0 Å². The zero-order valence-electron chi connectivity index (χ0n) is 15.4. The van der Waals surface area contributed by atoms with Gasteiger partial charge in [0, 0.05) is 24.8 Å². The van der Waals surface area contributed by atoms with Gasteiger partial charge in [-0.15, -0.1) is 0 Å². The molecule has 0 aromatic carbocycles. The molecule has 2 heterocycles. The number of hydrogen-bond donors (Lipinski definition) is 2. The lowest BCUT2D eigenvalue weighted by Crippen LogP contribution is -2.42. The van der Waals surface area contributed by atoms with Crippen LogP contribution in [0.15, 0.2) is 15.8 Å². The summed E-state index contributed by atoms with van der Waals surface area (Å²) in [7, 11) is 1.58. The topological polar surface area (TPSA) is 103 Å². The van der Waals surface area contributed by atoms with Crippen LogP contribution in [0.25, 0.3) is 0 Å². The number of methoxy groups -OCH3 is 1. The van der Waals surface area contributed by atoms with Crippen LogP contribution in [0.3, 0.4) is 0 Å². The van der Waals surface area contributed by atoms with E-state index in [1.54, 1.807) is 14.0 Å². The van der Waals surface area contributed by atoms with Crippen molar-refractivity contribution in [2.45, 2.75) is 46.1 Å². The third kappa shape index (κ3) is 4.20. The number of aryl methyl sites for hydroxylation is 1. The van der Waals surface area contributed by atoms with Crippen molar-refractivity contribution in [3.05, 3.63) is 32.6 Å². The van der Waals surface area contributed by atoms with Crippen LogP contribution in [0.4, 0.5) is 0 Å². The van der Waals surface area contributed by atoms with Gasteiger partial charge < -0.3 is 19.3 Å². The number of aromatic amines is 1. The first kappa shape index (κ1) is 19.8. The van der Waals surface area contributed by atoms with Gasteiger partial charge in [-0.3, -0.25) is 14.3 Å². The molecule has 8 nitrogen and oxygen atoms in total. The molecule has 25 heavy (non-hydrogen) atoms. The quantitative estimate of drug-likeness (QED) is 0.717. The molecule has 0 bridgehead atoms. The Balaban J connectivity index is 2.45. The SMILES string of the molecule is COCCOC1[C@H](n2cc(C)c(=O)[nH]c2=O)O[C@H](CO)[C@@H]1C(C)(C)C. The van der Waals surface area contributed by atoms with E-state index in [1.165, 1.54) is 10.8 Å². The Morgan fingerprint density at radius 1 is 1.32 bits per heavy atom. The lowest BCUT2D eigenvalue weighted by atomic mass is 9.75. The van der Waals surface area contributed by atoms with Gasteiger partial charge in [0.25, 0.3) is 5.56 Å². The van der Waals surface area contributed by atoms with Gasteiger partial charge >= 0.3 is 5.69 Å². The number of aliphatic hydroxyl groups excluding tert-OH is 1. The number of aliphatic hydroxyl groups is 1. The maximum Gasteiger partial charge on any atom is 0.330 e. The number of rotatable bonds is 6. The van der Waals surface area contributed by atoms with Crippen molar-refractivity contribution < 1.29 is 19.3 Å². The summed E-state index contributed by atoms with van der Waals surface area (Å²) in [5.74, 6) is -0.140. The third-order valence-corrected chi connectivity index (χ3v) is 4.55. The lowest BCUT2D eigenvalue weighted by molar-refractivity contribution is -0.0812. The predicted molar refractivity (Wildman–Crippen MR) is 91.6 cm³/mol. The molecule has 1 aliphatic heterocycles. The summed E-state index contributed by atoms with van der Waals surface area (Å²) in [4.78, 5) is 26.2. The van der Waals surface area contributed by atoms with Gasteiger partial charge in [0.05, 0.1) is 25.9 Å². The van der Waals surface area contributed by atoms with E-state index in [0.29, 0.717) is 18.8 Å². The molecule has 1 fully saturated rings. The predicted octanol–water partition coefficient (Wildman–Crippen LogP) is 0.429. The molecule has 1 aromatic heterocycles. The molecule has 0 spiro atoms. The van der Waals surface area contributed by atoms with Gasteiger partial charge in [0.2, 0.25) is 0 Å². The molecular formula is C17H28N2O6. The molecule has 0 aliphatic carbocycles. The van der Waals surface area contributed by atoms with Gasteiger partial charge in [-0.1, -0.05) is 20.8 Å². The van der Waals surface area contributed by atoms with Crippen molar-refractivity contribution in [3.8, 4) is 0 Å². The molecule has 8 heteroatoms. The first-order valence-electron chi connectivity index (χ1n) is 8.39. The smallest absolute Gasteiger partial charge is 0.330 e. The van der Waals surface area contributed by atoms with E-state index in [9.17, 15) is 14.7 Å². The minimum absolute atomic E-state index is 0.140. The van der Waals surface area contributed by atoms with Crippen molar-refractivity contribution in [2.75, 3.05) is 26.9 Å². The van der Waals surface area contributed by atoms with Crippen molar-refractivity contribution >= 4 is 0 Å².